The van der Waals surface area contributed by atoms with E-state index in [-0.39, 0.29) is 7.43 Å². The van der Waals surface area contributed by atoms with Gasteiger partial charge in [0.25, 0.3) is 0 Å². The number of nitrogens with two attached hydrogens (primary N) is 1. The molecule has 1 rings (SSSR count). The van der Waals surface area contributed by atoms with E-state index >= 15 is 0 Å². The Kier molecular flexibility index (Phi) is 5.22. The van der Waals surface area contributed by atoms with Crippen molar-refractivity contribution in [3.05, 3.63) is 35.4 Å². The number of amides is 1. The number of benzene rings is 1. The van der Waals surface area contributed by atoms with Crippen LogP contribution in [0.15, 0.2) is 24.3 Å². The lowest BCUT2D eigenvalue weighted by atomic mass is 10.1. The molecule has 0 aliphatic carbocycles. The second-order valence-corrected chi connectivity index (χ2v) is 2.77. The standard InChI is InChI=1S/C10H11NO2.CH4/c11-10(13)9-5-1-3-8(7-9)4-2-6-12;/h1,3,5-7H,2,4H2,(H2,11,13);1H4. The summed E-state index contributed by atoms with van der Waals surface area (Å²) >= 11 is 0. The molecule has 0 spiro atoms. The highest BCUT2D eigenvalue weighted by molar-refractivity contribution is 5.92. The third-order valence-electron chi connectivity index (χ3n) is 1.76. The first-order valence-electron chi connectivity index (χ1n) is 4.06. The summed E-state index contributed by atoms with van der Waals surface area (Å²) in [6.45, 7) is 0. The van der Waals surface area contributed by atoms with Gasteiger partial charge in [-0.3, -0.25) is 4.79 Å². The number of carbonyl (C=O) groups is 2. The van der Waals surface area contributed by atoms with E-state index < -0.39 is 5.91 Å². The number of aldehydes is 1. The predicted octanol–water partition coefficient (Wildman–Crippen LogP) is 1.55. The van der Waals surface area contributed by atoms with Gasteiger partial charge < -0.3 is 10.5 Å². The Labute approximate surface area is 83.9 Å². The Hall–Kier alpha value is -1.64. The van der Waals surface area contributed by atoms with Gasteiger partial charge in [0.05, 0.1) is 0 Å². The maximum absolute atomic E-state index is 10.8. The van der Waals surface area contributed by atoms with E-state index in [1.54, 1.807) is 18.2 Å². The Balaban J connectivity index is 0.00000169. The average Bonchev–Trinajstić information content (AvgIpc) is 2.15. The highest BCUT2D eigenvalue weighted by Gasteiger charge is 2.00. The molecule has 3 heteroatoms. The zero-order valence-corrected chi connectivity index (χ0v) is 7.19. The molecule has 0 aliphatic heterocycles. The van der Waals surface area contributed by atoms with Crippen molar-refractivity contribution in [2.24, 2.45) is 5.73 Å². The number of carbonyl (C=O) groups excluding carboxylic acids is 2. The molecule has 0 fully saturated rings. The Morgan fingerprint density at radius 1 is 1.43 bits per heavy atom. The number of hydrogen-bond acceptors (Lipinski definition) is 2. The minimum Gasteiger partial charge on any atom is -0.366 e. The smallest absolute Gasteiger partial charge is 0.248 e. The van der Waals surface area contributed by atoms with Crippen molar-refractivity contribution in [2.75, 3.05) is 0 Å². The molecule has 0 unspecified atom stereocenters. The molecule has 76 valence electrons. The largest absolute Gasteiger partial charge is 0.366 e. The van der Waals surface area contributed by atoms with E-state index in [1.165, 1.54) is 0 Å². The van der Waals surface area contributed by atoms with E-state index in [1.807, 2.05) is 6.07 Å². The SMILES string of the molecule is C.NC(=O)c1cccc(CCC=O)c1. The monoisotopic (exact) mass is 193 g/mol. The van der Waals surface area contributed by atoms with Gasteiger partial charge >= 0.3 is 0 Å². The quantitative estimate of drug-likeness (QED) is 0.737. The van der Waals surface area contributed by atoms with Crippen molar-refractivity contribution in [1.82, 2.24) is 0 Å². The first-order valence-corrected chi connectivity index (χ1v) is 4.06. The fraction of sp³-hybridized carbons (Fsp3) is 0.273. The molecule has 0 saturated heterocycles. The fourth-order valence-electron chi connectivity index (χ4n) is 1.11. The van der Waals surface area contributed by atoms with Gasteiger partial charge in [-0.15, -0.1) is 0 Å². The predicted molar refractivity (Wildman–Crippen MR) is 56.1 cm³/mol. The van der Waals surface area contributed by atoms with Crippen LogP contribution in [0.25, 0.3) is 0 Å². The molecule has 1 aromatic rings. The summed E-state index contributed by atoms with van der Waals surface area (Å²) in [6, 6.07) is 7.01. The van der Waals surface area contributed by atoms with Crippen LogP contribution in [0.4, 0.5) is 0 Å². The first-order chi connectivity index (χ1) is 6.24. The summed E-state index contributed by atoms with van der Waals surface area (Å²) in [7, 11) is 0. The molecule has 3 nitrogen and oxygen atoms in total. The topological polar surface area (TPSA) is 60.2 Å². The van der Waals surface area contributed by atoms with Crippen molar-refractivity contribution < 1.29 is 9.59 Å². The molecule has 0 atom stereocenters. The van der Waals surface area contributed by atoms with Crippen LogP contribution in [-0.4, -0.2) is 12.2 Å². The summed E-state index contributed by atoms with van der Waals surface area (Å²) in [6.07, 6.45) is 1.99. The number of aryl methyl sites for hydroxylation is 1. The summed E-state index contributed by atoms with van der Waals surface area (Å²) in [5, 5.41) is 0. The molecule has 14 heavy (non-hydrogen) atoms. The van der Waals surface area contributed by atoms with Crippen LogP contribution in [-0.2, 0) is 11.2 Å². The first kappa shape index (κ1) is 12.4. The highest BCUT2D eigenvalue weighted by atomic mass is 16.1. The minimum atomic E-state index is -0.437. The van der Waals surface area contributed by atoms with Crippen molar-refractivity contribution in [1.29, 1.82) is 0 Å². The highest BCUT2D eigenvalue weighted by Crippen LogP contribution is 2.06. The van der Waals surface area contributed by atoms with Crippen molar-refractivity contribution in [3.63, 3.8) is 0 Å². The Bertz CT molecular complexity index is 321. The molecular weight excluding hydrogens is 178 g/mol. The van der Waals surface area contributed by atoms with Crippen LogP contribution in [0.2, 0.25) is 0 Å². The van der Waals surface area contributed by atoms with Crippen molar-refractivity contribution >= 4 is 12.2 Å². The maximum atomic E-state index is 10.8. The van der Waals surface area contributed by atoms with E-state index in [4.69, 9.17) is 5.73 Å². The van der Waals surface area contributed by atoms with E-state index in [0.717, 1.165) is 11.8 Å². The number of hydrogen-bond donors (Lipinski definition) is 1. The number of rotatable bonds is 4. The zero-order valence-electron chi connectivity index (χ0n) is 7.19. The lowest BCUT2D eigenvalue weighted by molar-refractivity contribution is -0.107. The van der Waals surface area contributed by atoms with Gasteiger partial charge in [0, 0.05) is 12.0 Å². The van der Waals surface area contributed by atoms with Crippen LogP contribution in [0.5, 0.6) is 0 Å². The zero-order chi connectivity index (χ0) is 9.68. The molecule has 1 aromatic carbocycles. The van der Waals surface area contributed by atoms with Crippen molar-refractivity contribution in [2.45, 2.75) is 20.3 Å². The van der Waals surface area contributed by atoms with E-state index in [9.17, 15) is 9.59 Å². The molecular formula is C11H15NO2. The molecule has 0 heterocycles. The average molecular weight is 193 g/mol. The van der Waals surface area contributed by atoms with Crippen LogP contribution in [0, 0.1) is 0 Å². The maximum Gasteiger partial charge on any atom is 0.248 e. The summed E-state index contributed by atoms with van der Waals surface area (Å²) in [5.41, 5.74) is 6.55. The summed E-state index contributed by atoms with van der Waals surface area (Å²) < 4.78 is 0. The van der Waals surface area contributed by atoms with Gasteiger partial charge in [0.1, 0.15) is 6.29 Å². The van der Waals surface area contributed by atoms with Gasteiger partial charge in [-0.05, 0) is 24.1 Å². The van der Waals surface area contributed by atoms with E-state index in [2.05, 4.69) is 0 Å². The second-order valence-electron chi connectivity index (χ2n) is 2.77. The lowest BCUT2D eigenvalue weighted by Crippen LogP contribution is -2.10. The van der Waals surface area contributed by atoms with Gasteiger partial charge in [-0.1, -0.05) is 19.6 Å². The summed E-state index contributed by atoms with van der Waals surface area (Å²) in [4.78, 5) is 20.9. The van der Waals surface area contributed by atoms with Gasteiger partial charge in [-0.25, -0.2) is 0 Å². The lowest BCUT2D eigenvalue weighted by Gasteiger charge is -1.99. The van der Waals surface area contributed by atoms with Gasteiger partial charge in [0.15, 0.2) is 0 Å². The van der Waals surface area contributed by atoms with Crippen LogP contribution >= 0.6 is 0 Å². The summed E-state index contributed by atoms with van der Waals surface area (Å²) in [5.74, 6) is -0.437. The molecule has 0 radical (unpaired) electrons. The minimum absolute atomic E-state index is 0. The number of primary amides is 1. The van der Waals surface area contributed by atoms with Crippen LogP contribution in [0.1, 0.15) is 29.8 Å². The molecule has 0 saturated carbocycles. The Morgan fingerprint density at radius 3 is 2.71 bits per heavy atom. The Morgan fingerprint density at radius 2 is 2.14 bits per heavy atom. The van der Waals surface area contributed by atoms with Crippen LogP contribution < -0.4 is 5.73 Å². The van der Waals surface area contributed by atoms with Crippen LogP contribution in [0.3, 0.4) is 0 Å². The van der Waals surface area contributed by atoms with Crippen molar-refractivity contribution in [3.8, 4) is 0 Å². The fourth-order valence-corrected chi connectivity index (χ4v) is 1.11. The molecule has 0 aliphatic rings. The van der Waals surface area contributed by atoms with E-state index in [0.29, 0.717) is 18.4 Å². The third kappa shape index (κ3) is 3.39. The third-order valence-corrected chi connectivity index (χ3v) is 1.76. The molecule has 1 amide bonds. The van der Waals surface area contributed by atoms with Gasteiger partial charge in [0.2, 0.25) is 5.91 Å². The molecule has 0 aromatic heterocycles. The normalized spacial score (nSPS) is 8.86. The molecule has 2 N–H and O–H groups in total. The van der Waals surface area contributed by atoms with Gasteiger partial charge in [-0.2, -0.15) is 0 Å². The molecule has 0 bridgehead atoms. The second kappa shape index (κ2) is 5.91.